The van der Waals surface area contributed by atoms with Crippen molar-refractivity contribution in [2.24, 2.45) is 5.73 Å². The minimum Gasteiger partial charge on any atom is -0.328 e. The molecule has 0 saturated carbocycles. The number of hydrogen-bond acceptors (Lipinski definition) is 2. The molecule has 0 aromatic heterocycles. The molecule has 3 rings (SSSR count). The summed E-state index contributed by atoms with van der Waals surface area (Å²) >= 11 is 0. The molecule has 0 radical (unpaired) electrons. The van der Waals surface area contributed by atoms with Gasteiger partial charge < -0.3 is 5.73 Å². The SMILES string of the molecule is NC1CCN(Cc2ccc(-c3ccccc3)cc2)CC1. The van der Waals surface area contributed by atoms with Crippen LogP contribution >= 0.6 is 0 Å². The van der Waals surface area contributed by atoms with E-state index in [2.05, 4.69) is 59.5 Å². The highest BCUT2D eigenvalue weighted by atomic mass is 15.1. The van der Waals surface area contributed by atoms with Crippen LogP contribution in [-0.2, 0) is 6.54 Å². The summed E-state index contributed by atoms with van der Waals surface area (Å²) in [4.78, 5) is 2.50. The molecule has 104 valence electrons. The van der Waals surface area contributed by atoms with Crippen molar-refractivity contribution < 1.29 is 0 Å². The van der Waals surface area contributed by atoms with Crippen LogP contribution in [0.4, 0.5) is 0 Å². The summed E-state index contributed by atoms with van der Waals surface area (Å²) in [5.74, 6) is 0. The topological polar surface area (TPSA) is 29.3 Å². The second kappa shape index (κ2) is 6.21. The lowest BCUT2D eigenvalue weighted by Gasteiger charge is -2.30. The van der Waals surface area contributed by atoms with E-state index in [1.54, 1.807) is 0 Å². The van der Waals surface area contributed by atoms with Gasteiger partial charge in [-0.05, 0) is 42.6 Å². The third kappa shape index (κ3) is 3.27. The van der Waals surface area contributed by atoms with Crippen LogP contribution in [0.3, 0.4) is 0 Å². The van der Waals surface area contributed by atoms with E-state index in [0.717, 1.165) is 32.5 Å². The smallest absolute Gasteiger partial charge is 0.0233 e. The van der Waals surface area contributed by atoms with E-state index in [-0.39, 0.29) is 0 Å². The van der Waals surface area contributed by atoms with Gasteiger partial charge in [-0.15, -0.1) is 0 Å². The molecule has 1 fully saturated rings. The average Bonchev–Trinajstić information content (AvgIpc) is 2.51. The Morgan fingerprint density at radius 1 is 0.850 bits per heavy atom. The molecule has 2 nitrogen and oxygen atoms in total. The van der Waals surface area contributed by atoms with Crippen LogP contribution < -0.4 is 5.73 Å². The standard InChI is InChI=1S/C18H22N2/c19-18-10-12-20(13-11-18)14-15-6-8-17(9-7-15)16-4-2-1-3-5-16/h1-9,18H,10-14,19H2. The minimum atomic E-state index is 0.409. The lowest BCUT2D eigenvalue weighted by atomic mass is 10.0. The fourth-order valence-electron chi connectivity index (χ4n) is 2.80. The van der Waals surface area contributed by atoms with Crippen LogP contribution in [0.25, 0.3) is 11.1 Å². The summed E-state index contributed by atoms with van der Waals surface area (Å²) in [5.41, 5.74) is 9.90. The van der Waals surface area contributed by atoms with Gasteiger partial charge in [0.1, 0.15) is 0 Å². The lowest BCUT2D eigenvalue weighted by molar-refractivity contribution is 0.205. The maximum Gasteiger partial charge on any atom is 0.0233 e. The monoisotopic (exact) mass is 266 g/mol. The second-order valence-corrected chi connectivity index (χ2v) is 5.68. The predicted octanol–water partition coefficient (Wildman–Crippen LogP) is 3.28. The quantitative estimate of drug-likeness (QED) is 0.924. The van der Waals surface area contributed by atoms with Gasteiger partial charge in [0.2, 0.25) is 0 Å². The maximum absolute atomic E-state index is 5.95. The molecule has 1 saturated heterocycles. The zero-order valence-corrected chi connectivity index (χ0v) is 11.8. The van der Waals surface area contributed by atoms with Gasteiger partial charge in [-0.2, -0.15) is 0 Å². The molecule has 0 spiro atoms. The summed E-state index contributed by atoms with van der Waals surface area (Å²) in [6.45, 7) is 3.30. The summed E-state index contributed by atoms with van der Waals surface area (Å²) in [7, 11) is 0. The highest BCUT2D eigenvalue weighted by Crippen LogP contribution is 2.20. The molecule has 2 heteroatoms. The summed E-state index contributed by atoms with van der Waals surface area (Å²) < 4.78 is 0. The van der Waals surface area contributed by atoms with Crippen molar-refractivity contribution in [3.8, 4) is 11.1 Å². The van der Waals surface area contributed by atoms with Crippen LogP contribution in [0, 0.1) is 0 Å². The average molecular weight is 266 g/mol. The molecule has 2 aromatic carbocycles. The largest absolute Gasteiger partial charge is 0.328 e. The molecule has 1 aliphatic heterocycles. The van der Waals surface area contributed by atoms with E-state index < -0.39 is 0 Å². The molecule has 2 N–H and O–H groups in total. The van der Waals surface area contributed by atoms with Crippen molar-refractivity contribution in [2.45, 2.75) is 25.4 Å². The first kappa shape index (κ1) is 13.3. The van der Waals surface area contributed by atoms with E-state index in [0.29, 0.717) is 6.04 Å². The molecule has 0 aliphatic carbocycles. The van der Waals surface area contributed by atoms with Crippen molar-refractivity contribution in [2.75, 3.05) is 13.1 Å². The predicted molar refractivity (Wildman–Crippen MR) is 84.4 cm³/mol. The molecular formula is C18H22N2. The molecule has 20 heavy (non-hydrogen) atoms. The van der Waals surface area contributed by atoms with E-state index in [1.165, 1.54) is 16.7 Å². The van der Waals surface area contributed by atoms with E-state index >= 15 is 0 Å². The van der Waals surface area contributed by atoms with Crippen LogP contribution in [0.2, 0.25) is 0 Å². The Morgan fingerprint density at radius 3 is 2.10 bits per heavy atom. The zero-order valence-electron chi connectivity index (χ0n) is 11.8. The lowest BCUT2D eigenvalue weighted by Crippen LogP contribution is -2.39. The molecule has 0 atom stereocenters. The number of hydrogen-bond donors (Lipinski definition) is 1. The van der Waals surface area contributed by atoms with Gasteiger partial charge in [-0.1, -0.05) is 54.6 Å². The van der Waals surface area contributed by atoms with Crippen LogP contribution in [0.1, 0.15) is 18.4 Å². The summed E-state index contributed by atoms with van der Waals surface area (Å²) in [5, 5.41) is 0. The van der Waals surface area contributed by atoms with Gasteiger partial charge >= 0.3 is 0 Å². The Balaban J connectivity index is 1.65. The molecule has 2 aromatic rings. The van der Waals surface area contributed by atoms with Gasteiger partial charge in [0.15, 0.2) is 0 Å². The maximum atomic E-state index is 5.95. The van der Waals surface area contributed by atoms with Gasteiger partial charge in [0.25, 0.3) is 0 Å². The van der Waals surface area contributed by atoms with Gasteiger partial charge in [-0.3, -0.25) is 4.90 Å². The molecule has 0 amide bonds. The van der Waals surface area contributed by atoms with Crippen molar-refractivity contribution in [1.29, 1.82) is 0 Å². The molecule has 1 heterocycles. The Hall–Kier alpha value is -1.64. The van der Waals surface area contributed by atoms with Crippen LogP contribution in [0.5, 0.6) is 0 Å². The Kier molecular flexibility index (Phi) is 4.14. The van der Waals surface area contributed by atoms with Gasteiger partial charge in [0.05, 0.1) is 0 Å². The second-order valence-electron chi connectivity index (χ2n) is 5.68. The zero-order chi connectivity index (χ0) is 13.8. The summed E-state index contributed by atoms with van der Waals surface area (Å²) in [6, 6.07) is 19.9. The molecule has 1 aliphatic rings. The number of nitrogens with zero attached hydrogens (tertiary/aromatic N) is 1. The third-order valence-electron chi connectivity index (χ3n) is 4.10. The molecule has 0 bridgehead atoms. The first-order valence-electron chi connectivity index (χ1n) is 7.43. The van der Waals surface area contributed by atoms with Crippen LogP contribution in [-0.4, -0.2) is 24.0 Å². The highest BCUT2D eigenvalue weighted by molar-refractivity contribution is 5.63. The first-order valence-corrected chi connectivity index (χ1v) is 7.43. The van der Waals surface area contributed by atoms with Crippen molar-refractivity contribution in [1.82, 2.24) is 4.90 Å². The number of nitrogens with two attached hydrogens (primary N) is 1. The fourth-order valence-corrected chi connectivity index (χ4v) is 2.80. The number of piperidine rings is 1. The van der Waals surface area contributed by atoms with Gasteiger partial charge in [0, 0.05) is 12.6 Å². The summed E-state index contributed by atoms with van der Waals surface area (Å²) in [6.07, 6.45) is 2.25. The fraction of sp³-hybridized carbons (Fsp3) is 0.333. The first-order chi connectivity index (χ1) is 9.81. The Bertz CT molecular complexity index is 525. The van der Waals surface area contributed by atoms with Crippen LogP contribution in [0.15, 0.2) is 54.6 Å². The number of benzene rings is 2. The Morgan fingerprint density at radius 2 is 1.45 bits per heavy atom. The number of likely N-dealkylation sites (tertiary alicyclic amines) is 1. The van der Waals surface area contributed by atoms with Crippen molar-refractivity contribution >= 4 is 0 Å². The van der Waals surface area contributed by atoms with Gasteiger partial charge in [-0.25, -0.2) is 0 Å². The highest BCUT2D eigenvalue weighted by Gasteiger charge is 2.15. The minimum absolute atomic E-state index is 0.409. The Labute approximate surface area is 121 Å². The molecular weight excluding hydrogens is 244 g/mol. The van der Waals surface area contributed by atoms with Crippen molar-refractivity contribution in [3.05, 3.63) is 60.2 Å². The van der Waals surface area contributed by atoms with E-state index in [4.69, 9.17) is 5.73 Å². The third-order valence-corrected chi connectivity index (χ3v) is 4.10. The van der Waals surface area contributed by atoms with E-state index in [9.17, 15) is 0 Å². The molecule has 0 unspecified atom stereocenters. The van der Waals surface area contributed by atoms with Crippen molar-refractivity contribution in [3.63, 3.8) is 0 Å². The normalized spacial score (nSPS) is 17.2. The van der Waals surface area contributed by atoms with E-state index in [1.807, 2.05) is 0 Å². The number of rotatable bonds is 3.